The van der Waals surface area contributed by atoms with Gasteiger partial charge in [0.2, 0.25) is 0 Å². The van der Waals surface area contributed by atoms with Gasteiger partial charge in [0.25, 0.3) is 0 Å². The summed E-state index contributed by atoms with van der Waals surface area (Å²) in [6.45, 7) is 0. The van der Waals surface area contributed by atoms with Crippen molar-refractivity contribution in [1.29, 1.82) is 0 Å². The Morgan fingerprint density at radius 2 is 1.02 bits per heavy atom. The summed E-state index contributed by atoms with van der Waals surface area (Å²) in [7, 11) is 0. The highest BCUT2D eigenvalue weighted by molar-refractivity contribution is 6.17. The Labute approximate surface area is 333 Å². The fraction of sp³-hybridized carbons (Fsp3) is 0.0377. The molecule has 8 aromatic carbocycles. The maximum absolute atomic E-state index is 6.53. The molecule has 0 N–H and O–H groups in total. The van der Waals surface area contributed by atoms with Gasteiger partial charge in [-0.05, 0) is 86.6 Å². The number of fused-ring (bicyclic) bond motifs is 8. The molecule has 0 saturated heterocycles. The molecule has 5 heteroatoms. The Balaban J connectivity index is 1.06. The first kappa shape index (κ1) is 32.6. The summed E-state index contributed by atoms with van der Waals surface area (Å²) in [4.78, 5) is 15.7. The molecule has 3 aromatic heterocycles. The summed E-state index contributed by atoms with van der Waals surface area (Å²) in [6.07, 6.45) is 9.34. The molecule has 58 heavy (non-hydrogen) atoms. The molecule has 1 aliphatic carbocycles. The van der Waals surface area contributed by atoms with Crippen LogP contribution in [0.2, 0.25) is 0 Å². The molecule has 11 aromatic rings. The van der Waals surface area contributed by atoms with Crippen LogP contribution in [0.25, 0.3) is 110 Å². The van der Waals surface area contributed by atoms with Crippen molar-refractivity contribution in [2.24, 2.45) is 0 Å². The standard InChI is InChI=1S/C53H33N3O2/c1-2-14-33(15-3-1)51-54-52(56-53(55-51)43-23-12-26-48-50(43)42-20-8-9-24-45(42)57-48)41-29-28-39(37-18-6-7-19-38(37)41)40-22-11-25-47-49(40)44-31-34(27-30-46(44)58-47)36-21-10-16-32-13-4-5-17-35(32)36/h1-14,16-31,33H,15H2. The van der Waals surface area contributed by atoms with Gasteiger partial charge in [-0.3, -0.25) is 0 Å². The average Bonchev–Trinajstić information content (AvgIpc) is 3.87. The molecule has 0 aliphatic heterocycles. The van der Waals surface area contributed by atoms with Crippen molar-refractivity contribution in [2.45, 2.75) is 12.3 Å². The number of hydrogen-bond acceptors (Lipinski definition) is 5. The number of aromatic nitrogens is 3. The van der Waals surface area contributed by atoms with Gasteiger partial charge in [0.15, 0.2) is 11.6 Å². The molecule has 0 amide bonds. The molecule has 5 nitrogen and oxygen atoms in total. The van der Waals surface area contributed by atoms with Gasteiger partial charge >= 0.3 is 0 Å². The Morgan fingerprint density at radius 3 is 1.83 bits per heavy atom. The quantitative estimate of drug-likeness (QED) is 0.176. The highest BCUT2D eigenvalue weighted by atomic mass is 16.3. The molecule has 0 spiro atoms. The predicted octanol–water partition coefficient (Wildman–Crippen LogP) is 14.2. The lowest BCUT2D eigenvalue weighted by molar-refractivity contribution is 0.668. The topological polar surface area (TPSA) is 65.0 Å². The van der Waals surface area contributed by atoms with E-state index >= 15 is 0 Å². The van der Waals surface area contributed by atoms with Crippen molar-refractivity contribution in [1.82, 2.24) is 15.0 Å². The van der Waals surface area contributed by atoms with E-state index in [4.69, 9.17) is 23.8 Å². The van der Waals surface area contributed by atoms with Crippen LogP contribution in [0.4, 0.5) is 0 Å². The second-order valence-corrected chi connectivity index (χ2v) is 15.0. The second-order valence-electron chi connectivity index (χ2n) is 15.0. The summed E-state index contributed by atoms with van der Waals surface area (Å²) in [5, 5.41) is 8.86. The minimum absolute atomic E-state index is 0.0297. The molecule has 0 fully saturated rings. The minimum atomic E-state index is 0.0297. The lowest BCUT2D eigenvalue weighted by Crippen LogP contribution is -2.08. The maximum Gasteiger partial charge on any atom is 0.164 e. The SMILES string of the molecule is C1=CCC(c2nc(-c3ccc(-c4cccc5oc6ccc(-c7cccc8ccccc78)cc6c45)c4ccccc34)nc(-c3cccc4oc5ccccc5c34)n2)C=C1. The molecular formula is C53H33N3O2. The van der Waals surface area contributed by atoms with Crippen molar-refractivity contribution < 1.29 is 8.83 Å². The molecule has 1 aliphatic rings. The molecule has 0 saturated carbocycles. The van der Waals surface area contributed by atoms with Crippen LogP contribution in [0.5, 0.6) is 0 Å². The summed E-state index contributed by atoms with van der Waals surface area (Å²) in [6, 6.07) is 55.2. The number of hydrogen-bond donors (Lipinski definition) is 0. The largest absolute Gasteiger partial charge is 0.456 e. The number of furan rings is 2. The van der Waals surface area contributed by atoms with Gasteiger partial charge in [-0.15, -0.1) is 0 Å². The first-order chi connectivity index (χ1) is 28.7. The van der Waals surface area contributed by atoms with Gasteiger partial charge in [-0.25, -0.2) is 15.0 Å². The van der Waals surface area contributed by atoms with Crippen molar-refractivity contribution in [3.8, 4) is 45.0 Å². The zero-order chi connectivity index (χ0) is 38.2. The smallest absolute Gasteiger partial charge is 0.164 e. The predicted molar refractivity (Wildman–Crippen MR) is 237 cm³/mol. The van der Waals surface area contributed by atoms with Crippen molar-refractivity contribution in [2.75, 3.05) is 0 Å². The highest BCUT2D eigenvalue weighted by Crippen LogP contribution is 2.43. The third kappa shape index (κ3) is 5.14. The van der Waals surface area contributed by atoms with Crippen LogP contribution in [-0.2, 0) is 0 Å². The maximum atomic E-state index is 6.53. The lowest BCUT2D eigenvalue weighted by Gasteiger charge is -2.16. The third-order valence-electron chi connectivity index (χ3n) is 11.7. The normalized spacial score (nSPS) is 14.2. The van der Waals surface area contributed by atoms with Gasteiger partial charge in [-0.1, -0.05) is 146 Å². The minimum Gasteiger partial charge on any atom is -0.456 e. The van der Waals surface area contributed by atoms with Crippen LogP contribution < -0.4 is 0 Å². The Hall–Kier alpha value is -7.63. The van der Waals surface area contributed by atoms with Gasteiger partial charge < -0.3 is 8.83 Å². The summed E-state index contributed by atoms with van der Waals surface area (Å²) >= 11 is 0. The molecule has 1 atom stereocenters. The third-order valence-corrected chi connectivity index (χ3v) is 11.7. The molecular weight excluding hydrogens is 711 g/mol. The van der Waals surface area contributed by atoms with Gasteiger partial charge in [0, 0.05) is 38.6 Å². The summed E-state index contributed by atoms with van der Waals surface area (Å²) in [5.41, 5.74) is 9.84. The molecule has 272 valence electrons. The van der Waals surface area contributed by atoms with E-state index in [0.717, 1.165) is 94.7 Å². The van der Waals surface area contributed by atoms with Crippen LogP contribution >= 0.6 is 0 Å². The van der Waals surface area contributed by atoms with E-state index in [1.165, 1.54) is 16.3 Å². The second kappa shape index (κ2) is 13.0. The highest BCUT2D eigenvalue weighted by Gasteiger charge is 2.22. The zero-order valence-corrected chi connectivity index (χ0v) is 31.3. The monoisotopic (exact) mass is 743 g/mol. The Kier molecular flexibility index (Phi) is 7.29. The number of benzene rings is 8. The van der Waals surface area contributed by atoms with Crippen molar-refractivity contribution in [3.63, 3.8) is 0 Å². The molecule has 12 rings (SSSR count). The number of nitrogens with zero attached hydrogens (tertiary/aromatic N) is 3. The average molecular weight is 744 g/mol. The molecule has 0 radical (unpaired) electrons. The number of allylic oxidation sites excluding steroid dienone is 4. The summed E-state index contributed by atoms with van der Waals surface area (Å²) < 4.78 is 12.8. The van der Waals surface area contributed by atoms with Crippen LogP contribution in [0.15, 0.2) is 191 Å². The molecule has 3 heterocycles. The van der Waals surface area contributed by atoms with E-state index < -0.39 is 0 Å². The van der Waals surface area contributed by atoms with Gasteiger partial charge in [-0.2, -0.15) is 0 Å². The van der Waals surface area contributed by atoms with Crippen LogP contribution in [0.1, 0.15) is 18.2 Å². The van der Waals surface area contributed by atoms with E-state index in [9.17, 15) is 0 Å². The van der Waals surface area contributed by atoms with Crippen LogP contribution in [0, 0.1) is 0 Å². The number of rotatable bonds is 5. The fourth-order valence-corrected chi connectivity index (χ4v) is 8.96. The fourth-order valence-electron chi connectivity index (χ4n) is 8.96. The van der Waals surface area contributed by atoms with E-state index in [2.05, 4.69) is 152 Å². The zero-order valence-electron chi connectivity index (χ0n) is 31.3. The lowest BCUT2D eigenvalue weighted by atomic mass is 9.91. The summed E-state index contributed by atoms with van der Waals surface area (Å²) in [5.74, 6) is 2.05. The van der Waals surface area contributed by atoms with Crippen LogP contribution in [-0.4, -0.2) is 15.0 Å². The van der Waals surface area contributed by atoms with Crippen LogP contribution in [0.3, 0.4) is 0 Å². The van der Waals surface area contributed by atoms with E-state index in [-0.39, 0.29) is 5.92 Å². The van der Waals surface area contributed by atoms with Crippen molar-refractivity contribution >= 4 is 65.4 Å². The van der Waals surface area contributed by atoms with Crippen molar-refractivity contribution in [3.05, 3.63) is 188 Å². The van der Waals surface area contributed by atoms with Gasteiger partial charge in [0.1, 0.15) is 28.2 Å². The van der Waals surface area contributed by atoms with E-state index in [1.807, 2.05) is 30.3 Å². The van der Waals surface area contributed by atoms with E-state index in [0.29, 0.717) is 11.6 Å². The number of para-hydroxylation sites is 1. The Bertz CT molecular complexity index is 3510. The first-order valence-electron chi connectivity index (χ1n) is 19.7. The molecule has 1 unspecified atom stereocenters. The van der Waals surface area contributed by atoms with Gasteiger partial charge in [0.05, 0.1) is 0 Å². The Morgan fingerprint density at radius 1 is 0.414 bits per heavy atom. The molecule has 0 bridgehead atoms. The first-order valence-corrected chi connectivity index (χ1v) is 19.7. The van der Waals surface area contributed by atoms with E-state index in [1.54, 1.807) is 0 Å².